The number of carbonyl (C=O) groups excluding carboxylic acids is 1. The molecule has 0 aromatic heterocycles. The van der Waals surface area contributed by atoms with Gasteiger partial charge in [-0.1, -0.05) is 12.1 Å². The highest BCUT2D eigenvalue weighted by atomic mass is 16.2. The maximum atomic E-state index is 12.2. The zero-order valence-corrected chi connectivity index (χ0v) is 12.3. The molecule has 0 saturated heterocycles. The molecule has 1 saturated carbocycles. The van der Waals surface area contributed by atoms with Crippen molar-refractivity contribution in [2.75, 3.05) is 26.0 Å². The molecule has 1 fully saturated rings. The molecule has 0 bridgehead atoms. The Morgan fingerprint density at radius 3 is 2.63 bits per heavy atom. The van der Waals surface area contributed by atoms with Crippen LogP contribution < -0.4 is 5.32 Å². The number of hydrogen-bond donors (Lipinski definition) is 1. The van der Waals surface area contributed by atoms with Crippen molar-refractivity contribution in [3.63, 3.8) is 0 Å². The van der Waals surface area contributed by atoms with Crippen LogP contribution in [-0.4, -0.2) is 37.1 Å². The lowest BCUT2D eigenvalue weighted by Crippen LogP contribution is -2.51. The monoisotopic (exact) mass is 261 g/mol. The van der Waals surface area contributed by atoms with E-state index < -0.39 is 0 Å². The van der Waals surface area contributed by atoms with Crippen LogP contribution in [0.15, 0.2) is 24.3 Å². The Hall–Kier alpha value is -1.35. The number of hydrogen-bond acceptors (Lipinski definition) is 1. The molecule has 1 aliphatic carbocycles. The van der Waals surface area contributed by atoms with Gasteiger partial charge < -0.3 is 9.80 Å². The number of nitrogens with one attached hydrogen (secondary N) is 1. The average molecular weight is 261 g/mol. The number of quaternary nitrogens is 1. The summed E-state index contributed by atoms with van der Waals surface area (Å²) in [6.07, 6.45) is 5.13. The third-order valence-electron chi connectivity index (χ3n) is 4.17. The molecule has 104 valence electrons. The number of nitrogens with zero attached hydrogens (tertiary/aromatic N) is 1. The smallest absolute Gasteiger partial charge is 0.279 e. The van der Waals surface area contributed by atoms with E-state index in [1.807, 2.05) is 31.2 Å². The van der Waals surface area contributed by atoms with Crippen molar-refractivity contribution in [3.05, 3.63) is 29.8 Å². The molecule has 19 heavy (non-hydrogen) atoms. The minimum atomic E-state index is 0.113. The first-order valence-electron chi connectivity index (χ1n) is 7.16. The summed E-state index contributed by atoms with van der Waals surface area (Å²) in [4.78, 5) is 12.2. The molecule has 0 heterocycles. The molecule has 0 aliphatic heterocycles. The van der Waals surface area contributed by atoms with Crippen molar-refractivity contribution in [2.45, 2.75) is 38.6 Å². The van der Waals surface area contributed by atoms with Crippen molar-refractivity contribution < 1.29 is 9.28 Å². The highest BCUT2D eigenvalue weighted by Gasteiger charge is 2.32. The topological polar surface area (TPSA) is 29.1 Å². The molecule has 0 unspecified atom stereocenters. The Morgan fingerprint density at radius 2 is 2.00 bits per heavy atom. The second-order valence-corrected chi connectivity index (χ2v) is 6.29. The lowest BCUT2D eigenvalue weighted by molar-refractivity contribution is -0.906. The zero-order valence-electron chi connectivity index (χ0n) is 12.3. The van der Waals surface area contributed by atoms with Crippen LogP contribution >= 0.6 is 0 Å². The number of anilines is 1. The predicted molar refractivity (Wildman–Crippen MR) is 79.0 cm³/mol. The van der Waals surface area contributed by atoms with Gasteiger partial charge in [0.25, 0.3) is 5.91 Å². The van der Waals surface area contributed by atoms with Gasteiger partial charge >= 0.3 is 0 Å². The van der Waals surface area contributed by atoms with E-state index >= 15 is 0 Å². The number of carbonyl (C=O) groups is 1. The summed E-state index contributed by atoms with van der Waals surface area (Å²) < 4.78 is 0.803. The van der Waals surface area contributed by atoms with E-state index in [4.69, 9.17) is 0 Å². The number of aryl methyl sites for hydroxylation is 1. The molecule has 1 aromatic carbocycles. The summed E-state index contributed by atoms with van der Waals surface area (Å²) in [6.45, 7) is 2.59. The van der Waals surface area contributed by atoms with Gasteiger partial charge in [0.2, 0.25) is 0 Å². The first-order valence-corrected chi connectivity index (χ1v) is 7.16. The summed E-state index contributed by atoms with van der Waals surface area (Å²) in [6, 6.07) is 8.60. The van der Waals surface area contributed by atoms with E-state index in [0.717, 1.165) is 10.2 Å². The maximum absolute atomic E-state index is 12.2. The van der Waals surface area contributed by atoms with E-state index in [2.05, 4.69) is 19.4 Å². The van der Waals surface area contributed by atoms with Gasteiger partial charge in [-0.15, -0.1) is 0 Å². The molecule has 0 radical (unpaired) electrons. The van der Waals surface area contributed by atoms with Gasteiger partial charge in [-0.3, -0.25) is 4.79 Å². The van der Waals surface area contributed by atoms with E-state index in [9.17, 15) is 4.79 Å². The van der Waals surface area contributed by atoms with E-state index in [-0.39, 0.29) is 5.91 Å². The van der Waals surface area contributed by atoms with E-state index in [1.165, 1.54) is 31.2 Å². The first kappa shape index (κ1) is 14.1. The van der Waals surface area contributed by atoms with Gasteiger partial charge in [0.15, 0.2) is 6.54 Å². The average Bonchev–Trinajstić information content (AvgIpc) is 2.81. The maximum Gasteiger partial charge on any atom is 0.279 e. The fourth-order valence-corrected chi connectivity index (χ4v) is 3.03. The fourth-order valence-electron chi connectivity index (χ4n) is 3.03. The van der Waals surface area contributed by atoms with Crippen molar-refractivity contribution in [1.82, 2.24) is 0 Å². The zero-order chi connectivity index (χ0) is 13.9. The van der Waals surface area contributed by atoms with Crippen LogP contribution in [0.2, 0.25) is 0 Å². The largest absolute Gasteiger partial charge is 0.321 e. The first-order chi connectivity index (χ1) is 8.97. The Bertz CT molecular complexity index is 448. The molecule has 2 rings (SSSR count). The van der Waals surface area contributed by atoms with Gasteiger partial charge in [-0.25, -0.2) is 0 Å². The fraction of sp³-hybridized carbons (Fsp3) is 0.562. The normalized spacial score (nSPS) is 16.6. The van der Waals surface area contributed by atoms with Crippen molar-refractivity contribution in [2.24, 2.45) is 0 Å². The van der Waals surface area contributed by atoms with Crippen LogP contribution in [0.3, 0.4) is 0 Å². The van der Waals surface area contributed by atoms with Gasteiger partial charge in [-0.2, -0.15) is 0 Å². The molecule has 1 aliphatic rings. The number of likely N-dealkylation sites (N-methyl/N-ethyl adjacent to an activating group) is 1. The second kappa shape index (κ2) is 5.74. The molecular formula is C16H25N2O+. The molecule has 1 N–H and O–H groups in total. The summed E-state index contributed by atoms with van der Waals surface area (Å²) in [5.74, 6) is 0.113. The minimum Gasteiger partial charge on any atom is -0.321 e. The lowest BCUT2D eigenvalue weighted by atomic mass is 10.2. The van der Waals surface area contributed by atoms with Crippen molar-refractivity contribution in [1.29, 1.82) is 0 Å². The number of amides is 1. The van der Waals surface area contributed by atoms with Crippen LogP contribution in [0.5, 0.6) is 0 Å². The van der Waals surface area contributed by atoms with E-state index in [0.29, 0.717) is 12.6 Å². The Labute approximate surface area is 116 Å². The lowest BCUT2D eigenvalue weighted by Gasteiger charge is -2.35. The van der Waals surface area contributed by atoms with Gasteiger partial charge in [0, 0.05) is 5.69 Å². The third kappa shape index (κ3) is 3.80. The summed E-state index contributed by atoms with van der Waals surface area (Å²) >= 11 is 0. The Balaban J connectivity index is 1.93. The Kier molecular flexibility index (Phi) is 4.25. The number of rotatable bonds is 4. The van der Waals surface area contributed by atoms with Crippen LogP contribution in [0, 0.1) is 6.92 Å². The SMILES string of the molecule is Cc1cccc(NC(=O)C[N+](C)(C)C2CCCC2)c1. The summed E-state index contributed by atoms with van der Waals surface area (Å²) in [7, 11) is 4.34. The highest BCUT2D eigenvalue weighted by Crippen LogP contribution is 2.26. The summed E-state index contributed by atoms with van der Waals surface area (Å²) in [5, 5.41) is 3.01. The van der Waals surface area contributed by atoms with Crippen LogP contribution in [-0.2, 0) is 4.79 Å². The standard InChI is InChI=1S/C16H24N2O/c1-13-7-6-8-14(11-13)17-16(19)12-18(2,3)15-9-4-5-10-15/h6-8,11,15H,4-5,9-10,12H2,1-3H3/p+1. The van der Waals surface area contributed by atoms with Crippen LogP contribution in [0.4, 0.5) is 5.69 Å². The summed E-state index contributed by atoms with van der Waals surface area (Å²) in [5.41, 5.74) is 2.07. The van der Waals surface area contributed by atoms with Gasteiger partial charge in [0.05, 0.1) is 20.1 Å². The van der Waals surface area contributed by atoms with Crippen LogP contribution in [0.25, 0.3) is 0 Å². The predicted octanol–water partition coefficient (Wildman–Crippen LogP) is 2.95. The highest BCUT2D eigenvalue weighted by molar-refractivity contribution is 5.91. The molecule has 0 atom stereocenters. The van der Waals surface area contributed by atoms with Gasteiger partial charge in [-0.05, 0) is 50.3 Å². The van der Waals surface area contributed by atoms with Crippen molar-refractivity contribution >= 4 is 11.6 Å². The molecular weight excluding hydrogens is 236 g/mol. The molecule has 1 amide bonds. The van der Waals surface area contributed by atoms with Gasteiger partial charge in [0.1, 0.15) is 0 Å². The second-order valence-electron chi connectivity index (χ2n) is 6.29. The molecule has 1 aromatic rings. The molecule has 3 nitrogen and oxygen atoms in total. The minimum absolute atomic E-state index is 0.113. The third-order valence-corrected chi connectivity index (χ3v) is 4.17. The quantitative estimate of drug-likeness (QED) is 0.830. The van der Waals surface area contributed by atoms with Crippen LogP contribution in [0.1, 0.15) is 31.2 Å². The molecule has 3 heteroatoms. The molecule has 0 spiro atoms. The van der Waals surface area contributed by atoms with E-state index in [1.54, 1.807) is 0 Å². The van der Waals surface area contributed by atoms with Crippen molar-refractivity contribution in [3.8, 4) is 0 Å². The number of benzene rings is 1. The Morgan fingerprint density at radius 1 is 1.32 bits per heavy atom.